The minimum atomic E-state index is -0.444. The largest absolute Gasteiger partial charge is 0.497 e. The van der Waals surface area contributed by atoms with Crippen molar-refractivity contribution >= 4 is 61.8 Å². The average molecular weight is 530 g/mol. The first-order chi connectivity index (χ1) is 16.9. The van der Waals surface area contributed by atoms with Gasteiger partial charge >= 0.3 is 5.97 Å². The van der Waals surface area contributed by atoms with Crippen LogP contribution in [0.15, 0.2) is 42.5 Å². The molecule has 1 amide bonds. The van der Waals surface area contributed by atoms with E-state index in [1.54, 1.807) is 25.3 Å². The molecule has 0 radical (unpaired) electrons. The smallest absolute Gasteiger partial charge is 0.338 e. The van der Waals surface area contributed by atoms with E-state index in [-0.39, 0.29) is 23.6 Å². The predicted molar refractivity (Wildman–Crippen MR) is 137 cm³/mol. The lowest BCUT2D eigenvalue weighted by Crippen LogP contribution is -2.17. The fraction of sp³-hybridized carbons (Fsp3) is 0.240. The highest BCUT2D eigenvalue weighted by Gasteiger charge is 2.33. The Hall–Kier alpha value is -3.07. The molecule has 0 atom stereocenters. The second-order valence-corrected chi connectivity index (χ2v) is 10.0. The van der Waals surface area contributed by atoms with Crippen LogP contribution in [0.2, 0.25) is 10.0 Å². The van der Waals surface area contributed by atoms with Crippen molar-refractivity contribution in [1.29, 1.82) is 0 Å². The molecular weight excluding hydrogens is 509 g/mol. The monoisotopic (exact) mass is 529 g/mol. The van der Waals surface area contributed by atoms with Crippen LogP contribution in [-0.2, 0) is 11.3 Å². The van der Waals surface area contributed by atoms with Gasteiger partial charge in [-0.25, -0.2) is 9.78 Å². The maximum atomic E-state index is 13.1. The van der Waals surface area contributed by atoms with E-state index in [4.69, 9.17) is 32.7 Å². The number of hydrogen-bond donors (Lipinski definition) is 1. The lowest BCUT2D eigenvalue weighted by Gasteiger charge is -2.09. The van der Waals surface area contributed by atoms with E-state index in [9.17, 15) is 9.59 Å². The van der Waals surface area contributed by atoms with Crippen molar-refractivity contribution < 1.29 is 19.1 Å². The number of amides is 1. The van der Waals surface area contributed by atoms with Gasteiger partial charge in [-0.1, -0.05) is 46.7 Å². The Bertz CT molecular complexity index is 1440. The maximum Gasteiger partial charge on any atom is 0.338 e. The molecule has 1 N–H and O–H groups in total. The summed E-state index contributed by atoms with van der Waals surface area (Å²) >= 11 is 14.0. The van der Waals surface area contributed by atoms with Gasteiger partial charge in [-0.05, 0) is 55.7 Å². The van der Waals surface area contributed by atoms with Gasteiger partial charge in [-0.15, -0.1) is 0 Å². The quantitative estimate of drug-likeness (QED) is 0.270. The van der Waals surface area contributed by atoms with Crippen molar-refractivity contribution in [2.75, 3.05) is 12.4 Å². The number of nitrogens with zero attached hydrogens (tertiary/aromatic N) is 2. The lowest BCUT2D eigenvalue weighted by atomic mass is 10.2. The van der Waals surface area contributed by atoms with Crippen LogP contribution >= 0.6 is 34.5 Å². The van der Waals surface area contributed by atoms with Crippen LogP contribution in [0, 0.1) is 6.92 Å². The molecule has 5 rings (SSSR count). The van der Waals surface area contributed by atoms with E-state index >= 15 is 0 Å². The number of anilines is 1. The van der Waals surface area contributed by atoms with Crippen molar-refractivity contribution in [2.24, 2.45) is 0 Å². The van der Waals surface area contributed by atoms with Crippen LogP contribution in [-0.4, -0.2) is 28.5 Å². The number of thiazole rings is 1. The first-order valence-corrected chi connectivity index (χ1v) is 12.5. The minimum absolute atomic E-state index is 0.147. The molecular formula is C25H21Cl2N3O4S. The molecule has 1 fully saturated rings. The van der Waals surface area contributed by atoms with Crippen LogP contribution in [0.3, 0.4) is 0 Å². The minimum Gasteiger partial charge on any atom is -0.497 e. The Morgan fingerprint density at radius 2 is 1.89 bits per heavy atom. The molecule has 1 aliphatic rings. The van der Waals surface area contributed by atoms with Gasteiger partial charge in [0.1, 0.15) is 18.1 Å². The predicted octanol–water partition coefficient (Wildman–Crippen LogP) is 6.67. The molecule has 0 saturated heterocycles. The van der Waals surface area contributed by atoms with Gasteiger partial charge < -0.3 is 14.0 Å². The summed E-state index contributed by atoms with van der Waals surface area (Å²) in [5.74, 6) is -0.0733. The Kier molecular flexibility index (Phi) is 6.44. The van der Waals surface area contributed by atoms with Gasteiger partial charge in [0.2, 0.25) is 0 Å². The topological polar surface area (TPSA) is 82.5 Å². The molecule has 2 heterocycles. The number of hydrogen-bond acceptors (Lipinski definition) is 6. The molecule has 2 aromatic carbocycles. The summed E-state index contributed by atoms with van der Waals surface area (Å²) in [5.41, 5.74) is 3.05. The van der Waals surface area contributed by atoms with Crippen LogP contribution in [0.5, 0.6) is 5.75 Å². The third-order valence-electron chi connectivity index (χ3n) is 5.82. The van der Waals surface area contributed by atoms with Gasteiger partial charge in [0.05, 0.1) is 32.9 Å². The molecule has 0 aliphatic heterocycles. The van der Waals surface area contributed by atoms with Gasteiger partial charge in [0.15, 0.2) is 5.13 Å². The van der Waals surface area contributed by atoms with E-state index in [1.807, 2.05) is 35.8 Å². The number of halogens is 2. The van der Waals surface area contributed by atoms with Crippen LogP contribution < -0.4 is 10.1 Å². The van der Waals surface area contributed by atoms with E-state index in [0.717, 1.165) is 34.5 Å². The number of carbonyl (C=O) groups excluding carboxylic acids is 2. The molecule has 180 valence electrons. The number of benzene rings is 2. The molecule has 0 unspecified atom stereocenters. The molecule has 1 saturated carbocycles. The zero-order chi connectivity index (χ0) is 24.7. The van der Waals surface area contributed by atoms with Crippen molar-refractivity contribution in [3.8, 4) is 5.75 Å². The van der Waals surface area contributed by atoms with E-state index in [1.165, 1.54) is 11.3 Å². The Labute approximate surface area is 215 Å². The van der Waals surface area contributed by atoms with Gasteiger partial charge in [0, 0.05) is 11.7 Å². The number of carbonyl (C=O) groups is 2. The normalized spacial score (nSPS) is 13.1. The van der Waals surface area contributed by atoms with Crippen LogP contribution in [0.1, 0.15) is 51.0 Å². The van der Waals surface area contributed by atoms with E-state index in [2.05, 4.69) is 10.3 Å². The highest BCUT2D eigenvalue weighted by molar-refractivity contribution is 7.22. The molecule has 7 nitrogen and oxygen atoms in total. The van der Waals surface area contributed by atoms with Crippen molar-refractivity contribution in [1.82, 2.24) is 9.55 Å². The highest BCUT2D eigenvalue weighted by atomic mass is 35.5. The Balaban J connectivity index is 1.30. The summed E-state index contributed by atoms with van der Waals surface area (Å²) < 4.78 is 13.2. The average Bonchev–Trinajstić information content (AvgIpc) is 3.58. The second-order valence-electron chi connectivity index (χ2n) is 8.24. The first-order valence-electron chi connectivity index (χ1n) is 10.9. The lowest BCUT2D eigenvalue weighted by molar-refractivity contribution is 0.0473. The van der Waals surface area contributed by atoms with Crippen molar-refractivity contribution in [3.05, 3.63) is 75.0 Å². The summed E-state index contributed by atoms with van der Waals surface area (Å²) in [6, 6.07) is 12.6. The number of ether oxygens (including phenoxy) is 2. The molecule has 0 spiro atoms. The zero-order valence-electron chi connectivity index (χ0n) is 18.9. The van der Waals surface area contributed by atoms with Gasteiger partial charge in [-0.3, -0.25) is 10.1 Å². The van der Waals surface area contributed by atoms with Crippen molar-refractivity contribution in [3.63, 3.8) is 0 Å². The Morgan fingerprint density at radius 1 is 1.14 bits per heavy atom. The molecule has 35 heavy (non-hydrogen) atoms. The summed E-state index contributed by atoms with van der Waals surface area (Å²) in [7, 11) is 1.60. The van der Waals surface area contributed by atoms with E-state index in [0.29, 0.717) is 26.9 Å². The van der Waals surface area contributed by atoms with Gasteiger partial charge in [0.25, 0.3) is 5.91 Å². The number of methoxy groups -OCH3 is 1. The summed E-state index contributed by atoms with van der Waals surface area (Å²) in [5, 5.41) is 3.88. The summed E-state index contributed by atoms with van der Waals surface area (Å²) in [6.07, 6.45) is 1.97. The number of fused-ring (bicyclic) bond motifs is 1. The second kappa shape index (κ2) is 9.53. The highest BCUT2D eigenvalue weighted by Crippen LogP contribution is 2.43. The fourth-order valence-corrected chi connectivity index (χ4v) is 5.25. The molecule has 2 aromatic heterocycles. The standard InChI is InChI=1S/C25H21Cl2N3O4S/c1-13-20(26)21(27)22(30(13)16-6-7-16)23(31)29-25-28-18-10-5-15(11-19(18)35-25)24(32)34-12-14-3-8-17(33-2)9-4-14/h3-5,8-11,16H,6-7,12H2,1-2H3,(H,28,29,31). The summed E-state index contributed by atoms with van der Waals surface area (Å²) in [6.45, 7) is 2.00. The molecule has 0 bridgehead atoms. The first kappa shape index (κ1) is 23.7. The SMILES string of the molecule is COc1ccc(COC(=O)c2ccc3nc(NC(=O)c4c(Cl)c(Cl)c(C)n4C4CC4)sc3c2)cc1. The number of esters is 1. The fourth-order valence-electron chi connectivity index (χ4n) is 3.86. The van der Waals surface area contributed by atoms with E-state index < -0.39 is 5.97 Å². The van der Waals surface area contributed by atoms with Crippen molar-refractivity contribution in [2.45, 2.75) is 32.4 Å². The maximum absolute atomic E-state index is 13.1. The molecule has 10 heteroatoms. The molecule has 4 aromatic rings. The van der Waals surface area contributed by atoms with Crippen LogP contribution in [0.4, 0.5) is 5.13 Å². The summed E-state index contributed by atoms with van der Waals surface area (Å²) in [4.78, 5) is 30.1. The Morgan fingerprint density at radius 3 is 2.57 bits per heavy atom. The number of rotatable bonds is 7. The number of nitrogens with one attached hydrogen (secondary N) is 1. The van der Waals surface area contributed by atoms with Gasteiger partial charge in [-0.2, -0.15) is 0 Å². The molecule has 1 aliphatic carbocycles. The third kappa shape index (κ3) is 4.74. The third-order valence-corrected chi connectivity index (χ3v) is 7.68. The number of aromatic nitrogens is 2. The zero-order valence-corrected chi connectivity index (χ0v) is 21.3. The van der Waals surface area contributed by atoms with Crippen LogP contribution in [0.25, 0.3) is 10.2 Å².